The van der Waals surface area contributed by atoms with Crippen LogP contribution in [0.5, 0.6) is 0 Å². The Morgan fingerprint density at radius 1 is 1.33 bits per heavy atom. The Kier molecular flexibility index (Phi) is 4.10. The summed E-state index contributed by atoms with van der Waals surface area (Å²) in [6.45, 7) is 1.98. The zero-order valence-corrected chi connectivity index (χ0v) is 12.9. The lowest BCUT2D eigenvalue weighted by atomic mass is 9.96. The molecule has 0 bridgehead atoms. The van der Waals surface area contributed by atoms with Gasteiger partial charge in [-0.1, -0.05) is 19.3 Å². The molecule has 1 atom stereocenters. The quantitative estimate of drug-likeness (QED) is 0.941. The molecule has 21 heavy (non-hydrogen) atoms. The monoisotopic (exact) mass is 288 g/mol. The second kappa shape index (κ2) is 6.02. The van der Waals surface area contributed by atoms with E-state index in [-0.39, 0.29) is 0 Å². The SMILES string of the molecule is Cc1c(C(O)Cc2ccn(C3CCCCC3)n2)cnn1C. The molecule has 0 saturated heterocycles. The minimum absolute atomic E-state index is 0.534. The Balaban J connectivity index is 1.67. The van der Waals surface area contributed by atoms with E-state index >= 15 is 0 Å². The topological polar surface area (TPSA) is 55.9 Å². The molecule has 1 fully saturated rings. The van der Waals surface area contributed by atoms with Gasteiger partial charge in [-0.25, -0.2) is 0 Å². The molecular weight excluding hydrogens is 264 g/mol. The standard InChI is InChI=1S/C16H24N4O/c1-12-15(11-17-19(12)2)16(21)10-13-8-9-20(18-13)14-6-4-3-5-7-14/h8-9,11,14,16,21H,3-7,10H2,1-2H3. The number of rotatable bonds is 4. The van der Waals surface area contributed by atoms with Crippen molar-refractivity contribution < 1.29 is 5.11 Å². The first-order valence-electron chi connectivity index (χ1n) is 7.85. The molecule has 1 N–H and O–H groups in total. The smallest absolute Gasteiger partial charge is 0.0879 e. The van der Waals surface area contributed by atoms with E-state index in [1.165, 1.54) is 32.1 Å². The van der Waals surface area contributed by atoms with Crippen LogP contribution in [0.25, 0.3) is 0 Å². The summed E-state index contributed by atoms with van der Waals surface area (Å²) < 4.78 is 3.89. The van der Waals surface area contributed by atoms with Crippen LogP contribution in [0, 0.1) is 6.92 Å². The summed E-state index contributed by atoms with van der Waals surface area (Å²) in [5, 5.41) is 19.2. The fraction of sp³-hybridized carbons (Fsp3) is 0.625. The van der Waals surface area contributed by atoms with Crippen molar-refractivity contribution in [1.29, 1.82) is 0 Å². The van der Waals surface area contributed by atoms with Crippen molar-refractivity contribution in [3.63, 3.8) is 0 Å². The van der Waals surface area contributed by atoms with E-state index in [1.54, 1.807) is 10.9 Å². The maximum Gasteiger partial charge on any atom is 0.0879 e. The number of hydrogen-bond donors (Lipinski definition) is 1. The lowest BCUT2D eigenvalue weighted by Crippen LogP contribution is -2.14. The number of aliphatic hydroxyl groups is 1. The Bertz CT molecular complexity index is 595. The van der Waals surface area contributed by atoms with E-state index in [1.807, 2.05) is 20.0 Å². The molecule has 2 aromatic heterocycles. The van der Waals surface area contributed by atoms with Gasteiger partial charge < -0.3 is 5.11 Å². The van der Waals surface area contributed by atoms with Crippen molar-refractivity contribution in [2.24, 2.45) is 7.05 Å². The van der Waals surface area contributed by atoms with Gasteiger partial charge in [0.15, 0.2) is 0 Å². The van der Waals surface area contributed by atoms with Crippen molar-refractivity contribution in [2.75, 3.05) is 0 Å². The van der Waals surface area contributed by atoms with E-state index in [0.717, 1.165) is 17.0 Å². The van der Waals surface area contributed by atoms with Gasteiger partial charge in [-0.3, -0.25) is 9.36 Å². The molecule has 5 heteroatoms. The van der Waals surface area contributed by atoms with Crippen LogP contribution in [0.15, 0.2) is 18.5 Å². The summed E-state index contributed by atoms with van der Waals surface area (Å²) in [6.07, 6.45) is 10.2. The Morgan fingerprint density at radius 2 is 2.10 bits per heavy atom. The number of aromatic nitrogens is 4. The third-order valence-corrected chi connectivity index (χ3v) is 4.65. The zero-order valence-electron chi connectivity index (χ0n) is 12.9. The third kappa shape index (κ3) is 3.02. The van der Waals surface area contributed by atoms with Gasteiger partial charge in [-0.2, -0.15) is 10.2 Å². The predicted octanol–water partition coefficient (Wildman–Crippen LogP) is 2.71. The molecule has 0 aromatic carbocycles. The second-order valence-electron chi connectivity index (χ2n) is 6.11. The molecule has 0 radical (unpaired) electrons. The maximum atomic E-state index is 10.4. The van der Waals surface area contributed by atoms with Gasteiger partial charge in [-0.05, 0) is 25.8 Å². The molecule has 3 rings (SSSR count). The number of nitrogens with zero attached hydrogens (tertiary/aromatic N) is 4. The lowest BCUT2D eigenvalue weighted by Gasteiger charge is -2.21. The molecule has 0 amide bonds. The van der Waals surface area contributed by atoms with E-state index in [9.17, 15) is 5.11 Å². The van der Waals surface area contributed by atoms with Crippen LogP contribution in [0.1, 0.15) is 61.2 Å². The van der Waals surface area contributed by atoms with Gasteiger partial charge in [0.1, 0.15) is 0 Å². The van der Waals surface area contributed by atoms with E-state index in [0.29, 0.717) is 12.5 Å². The molecule has 114 valence electrons. The summed E-state index contributed by atoms with van der Waals surface area (Å²) >= 11 is 0. The zero-order chi connectivity index (χ0) is 14.8. The molecule has 1 aliphatic carbocycles. The molecule has 5 nitrogen and oxygen atoms in total. The fourth-order valence-electron chi connectivity index (χ4n) is 3.19. The highest BCUT2D eigenvalue weighted by atomic mass is 16.3. The maximum absolute atomic E-state index is 10.4. The van der Waals surface area contributed by atoms with E-state index in [4.69, 9.17) is 0 Å². The second-order valence-corrected chi connectivity index (χ2v) is 6.11. The van der Waals surface area contributed by atoms with Crippen molar-refractivity contribution >= 4 is 0 Å². The summed E-state index contributed by atoms with van der Waals surface area (Å²) in [4.78, 5) is 0. The van der Waals surface area contributed by atoms with Gasteiger partial charge in [0, 0.05) is 30.9 Å². The highest BCUT2D eigenvalue weighted by molar-refractivity contribution is 5.20. The van der Waals surface area contributed by atoms with Crippen LogP contribution in [-0.2, 0) is 13.5 Å². The first kappa shape index (κ1) is 14.3. The molecule has 1 unspecified atom stereocenters. The van der Waals surface area contributed by atoms with Crippen LogP contribution in [0.4, 0.5) is 0 Å². The molecule has 0 aliphatic heterocycles. The lowest BCUT2D eigenvalue weighted by molar-refractivity contribution is 0.175. The molecular formula is C16H24N4O. The van der Waals surface area contributed by atoms with Gasteiger partial charge in [-0.15, -0.1) is 0 Å². The molecule has 1 aliphatic rings. The van der Waals surface area contributed by atoms with Crippen molar-refractivity contribution in [3.8, 4) is 0 Å². The minimum atomic E-state index is -0.534. The van der Waals surface area contributed by atoms with Crippen molar-refractivity contribution in [1.82, 2.24) is 19.6 Å². The third-order valence-electron chi connectivity index (χ3n) is 4.65. The summed E-state index contributed by atoms with van der Waals surface area (Å²) in [6, 6.07) is 2.58. The highest BCUT2D eigenvalue weighted by Gasteiger charge is 2.18. The van der Waals surface area contributed by atoms with Crippen LogP contribution in [0.2, 0.25) is 0 Å². The number of aryl methyl sites for hydroxylation is 1. The van der Waals surface area contributed by atoms with Gasteiger partial charge in [0.25, 0.3) is 0 Å². The summed E-state index contributed by atoms with van der Waals surface area (Å²) in [7, 11) is 1.89. The first-order valence-corrected chi connectivity index (χ1v) is 7.85. The van der Waals surface area contributed by atoms with Crippen molar-refractivity contribution in [2.45, 2.75) is 57.6 Å². The first-order chi connectivity index (χ1) is 10.1. The largest absolute Gasteiger partial charge is 0.388 e. The normalized spacial score (nSPS) is 18.0. The summed E-state index contributed by atoms with van der Waals surface area (Å²) in [5.74, 6) is 0. The van der Waals surface area contributed by atoms with Crippen molar-refractivity contribution in [3.05, 3.63) is 35.4 Å². The highest BCUT2D eigenvalue weighted by Crippen LogP contribution is 2.28. The van der Waals surface area contributed by atoms with Gasteiger partial charge >= 0.3 is 0 Å². The van der Waals surface area contributed by atoms with Crippen LogP contribution >= 0.6 is 0 Å². The minimum Gasteiger partial charge on any atom is -0.388 e. The fourth-order valence-corrected chi connectivity index (χ4v) is 3.19. The predicted molar refractivity (Wildman–Crippen MR) is 81.0 cm³/mol. The number of hydrogen-bond acceptors (Lipinski definition) is 3. The Labute approximate surface area is 125 Å². The van der Waals surface area contributed by atoms with Gasteiger partial charge in [0.05, 0.1) is 24.0 Å². The van der Waals surface area contributed by atoms with Crippen LogP contribution in [-0.4, -0.2) is 24.7 Å². The number of aliphatic hydroxyl groups excluding tert-OH is 1. The molecule has 0 spiro atoms. The molecule has 2 heterocycles. The Hall–Kier alpha value is -1.62. The molecule has 2 aromatic rings. The Morgan fingerprint density at radius 3 is 2.76 bits per heavy atom. The van der Waals surface area contributed by atoms with Gasteiger partial charge in [0.2, 0.25) is 0 Å². The molecule has 1 saturated carbocycles. The van der Waals surface area contributed by atoms with E-state index < -0.39 is 6.10 Å². The van der Waals surface area contributed by atoms with Crippen LogP contribution < -0.4 is 0 Å². The average molecular weight is 288 g/mol. The van der Waals surface area contributed by atoms with Crippen LogP contribution in [0.3, 0.4) is 0 Å². The summed E-state index contributed by atoms with van der Waals surface area (Å²) in [5.41, 5.74) is 2.86. The average Bonchev–Trinajstić information content (AvgIpc) is 3.08. The van der Waals surface area contributed by atoms with E-state index in [2.05, 4.69) is 21.1 Å².